The van der Waals surface area contributed by atoms with Crippen LogP contribution in [0.3, 0.4) is 0 Å². The highest BCUT2D eigenvalue weighted by Gasteiger charge is 1.88. The first-order chi connectivity index (χ1) is 4.70. The summed E-state index contributed by atoms with van der Waals surface area (Å²) in [6.45, 7) is 4.03. The van der Waals surface area contributed by atoms with Crippen molar-refractivity contribution in [3.05, 3.63) is 0 Å². The van der Waals surface area contributed by atoms with Crippen LogP contribution in [0.2, 0.25) is 0 Å². The molecule has 0 amide bonds. The Balaban J connectivity index is 3.61. The third-order valence-corrected chi connectivity index (χ3v) is 2.09. The highest BCUT2D eigenvalue weighted by atomic mass is 32.2. The first-order valence-corrected chi connectivity index (χ1v) is 4.71. The van der Waals surface area contributed by atoms with Crippen LogP contribution >= 0.6 is 24.0 Å². The van der Waals surface area contributed by atoms with Crippen LogP contribution in [-0.4, -0.2) is 16.3 Å². The van der Waals surface area contributed by atoms with Crippen molar-refractivity contribution in [2.45, 2.75) is 20.3 Å². The van der Waals surface area contributed by atoms with E-state index in [1.54, 1.807) is 0 Å². The smallest absolute Gasteiger partial charge is 0.153 e. The molecule has 1 N–H and O–H groups in total. The van der Waals surface area contributed by atoms with Gasteiger partial charge in [0, 0.05) is 5.71 Å². The van der Waals surface area contributed by atoms with Gasteiger partial charge in [0.25, 0.3) is 0 Å². The molecule has 58 valence electrons. The summed E-state index contributed by atoms with van der Waals surface area (Å²) in [7, 11) is 0. The summed E-state index contributed by atoms with van der Waals surface area (Å²) in [5, 5.41) is 4.02. The molecule has 0 saturated carbocycles. The molecule has 0 aromatic rings. The quantitative estimate of drug-likeness (QED) is 0.396. The lowest BCUT2D eigenvalue weighted by Gasteiger charge is -1.98. The fraction of sp³-hybridized carbons (Fsp3) is 0.667. The van der Waals surface area contributed by atoms with E-state index in [1.807, 2.05) is 13.2 Å². The van der Waals surface area contributed by atoms with Gasteiger partial charge < -0.3 is 0 Å². The van der Waals surface area contributed by atoms with Gasteiger partial charge in [-0.3, -0.25) is 5.43 Å². The maximum Gasteiger partial charge on any atom is 0.153 e. The minimum Gasteiger partial charge on any atom is -0.262 e. The van der Waals surface area contributed by atoms with Gasteiger partial charge in [-0.1, -0.05) is 30.9 Å². The molecule has 0 rings (SSSR count). The number of rotatable bonds is 2. The van der Waals surface area contributed by atoms with Crippen molar-refractivity contribution in [3.8, 4) is 0 Å². The van der Waals surface area contributed by atoms with Gasteiger partial charge in [0.15, 0.2) is 4.32 Å². The van der Waals surface area contributed by atoms with E-state index in [1.165, 1.54) is 11.8 Å². The van der Waals surface area contributed by atoms with Gasteiger partial charge >= 0.3 is 0 Å². The number of nitrogens with zero attached hydrogens (tertiary/aromatic N) is 1. The minimum absolute atomic E-state index is 0.716. The fourth-order valence-corrected chi connectivity index (χ4v) is 0.448. The standard InChI is InChI=1S/C6H12N2S2/c1-4-5(2)7-8-6(9)10-3/h4H2,1-3H3,(H,8,9)/b7-5-. The number of thioether (sulfide) groups is 1. The van der Waals surface area contributed by atoms with Gasteiger partial charge in [0.05, 0.1) is 0 Å². The van der Waals surface area contributed by atoms with Crippen LogP contribution in [0, 0.1) is 0 Å². The zero-order chi connectivity index (χ0) is 7.98. The van der Waals surface area contributed by atoms with E-state index in [2.05, 4.69) is 17.5 Å². The third kappa shape index (κ3) is 4.76. The molecule has 0 aromatic carbocycles. The van der Waals surface area contributed by atoms with Gasteiger partial charge in [0.1, 0.15) is 0 Å². The summed E-state index contributed by atoms with van der Waals surface area (Å²) >= 11 is 6.36. The summed E-state index contributed by atoms with van der Waals surface area (Å²) in [4.78, 5) is 0. The molecule has 2 nitrogen and oxygen atoms in total. The van der Waals surface area contributed by atoms with Gasteiger partial charge in [-0.15, -0.1) is 0 Å². The Morgan fingerprint density at radius 1 is 1.70 bits per heavy atom. The molecule has 10 heavy (non-hydrogen) atoms. The first kappa shape index (κ1) is 9.91. The Hall–Kier alpha value is -0.0900. The van der Waals surface area contributed by atoms with Crippen LogP contribution in [0.25, 0.3) is 0 Å². The van der Waals surface area contributed by atoms with Crippen LogP contribution < -0.4 is 5.43 Å². The molecule has 0 aliphatic carbocycles. The Bertz CT molecular complexity index is 143. The van der Waals surface area contributed by atoms with Gasteiger partial charge in [-0.05, 0) is 19.6 Å². The molecule has 0 aliphatic rings. The number of thiocarbonyl (C=S) groups is 1. The topological polar surface area (TPSA) is 24.4 Å². The third-order valence-electron chi connectivity index (χ3n) is 1.04. The maximum absolute atomic E-state index is 4.87. The monoisotopic (exact) mass is 176 g/mol. The first-order valence-electron chi connectivity index (χ1n) is 3.07. The van der Waals surface area contributed by atoms with Crippen molar-refractivity contribution in [2.75, 3.05) is 6.26 Å². The molecule has 0 aliphatic heterocycles. The van der Waals surface area contributed by atoms with Crippen molar-refractivity contribution >= 4 is 34.0 Å². The Labute approximate surface area is 71.5 Å². The lowest BCUT2D eigenvalue weighted by atomic mass is 10.3. The predicted octanol–water partition coefficient (Wildman–Crippen LogP) is 2.01. The fourth-order valence-electron chi connectivity index (χ4n) is 0.266. The summed E-state index contributed by atoms with van der Waals surface area (Å²) in [5.41, 5.74) is 3.83. The Morgan fingerprint density at radius 2 is 2.30 bits per heavy atom. The van der Waals surface area contributed by atoms with Crippen LogP contribution in [0.1, 0.15) is 20.3 Å². The molecule has 0 heterocycles. The van der Waals surface area contributed by atoms with E-state index in [4.69, 9.17) is 12.2 Å². The van der Waals surface area contributed by atoms with E-state index >= 15 is 0 Å². The van der Waals surface area contributed by atoms with E-state index in [9.17, 15) is 0 Å². The van der Waals surface area contributed by atoms with Gasteiger partial charge in [0.2, 0.25) is 0 Å². The average molecular weight is 176 g/mol. The van der Waals surface area contributed by atoms with Crippen LogP contribution in [0.4, 0.5) is 0 Å². The summed E-state index contributed by atoms with van der Waals surface area (Å²) in [5.74, 6) is 0. The normalized spacial score (nSPS) is 11.3. The average Bonchev–Trinajstić information content (AvgIpc) is 1.99. The second kappa shape index (κ2) is 5.68. The molecule has 0 radical (unpaired) electrons. The SMILES string of the molecule is CC/C(C)=N\NC(=S)SC. The zero-order valence-electron chi connectivity index (χ0n) is 6.47. The van der Waals surface area contributed by atoms with Crippen LogP contribution in [0.15, 0.2) is 5.10 Å². The summed E-state index contributed by atoms with van der Waals surface area (Å²) < 4.78 is 0.716. The molecule has 0 fully saturated rings. The van der Waals surface area contributed by atoms with E-state index in [-0.39, 0.29) is 0 Å². The second-order valence-corrected chi connectivity index (χ2v) is 3.29. The molecular weight excluding hydrogens is 164 g/mol. The summed E-state index contributed by atoms with van der Waals surface area (Å²) in [6.07, 6.45) is 2.89. The molecule has 0 bridgehead atoms. The van der Waals surface area contributed by atoms with Crippen LogP contribution in [-0.2, 0) is 0 Å². The van der Waals surface area contributed by atoms with Gasteiger partial charge in [-0.25, -0.2) is 0 Å². The highest BCUT2D eigenvalue weighted by molar-refractivity contribution is 8.22. The predicted molar refractivity (Wildman–Crippen MR) is 52.6 cm³/mol. The largest absolute Gasteiger partial charge is 0.262 e. The van der Waals surface area contributed by atoms with Crippen molar-refractivity contribution < 1.29 is 0 Å². The molecule has 0 saturated heterocycles. The lowest BCUT2D eigenvalue weighted by Crippen LogP contribution is -2.12. The van der Waals surface area contributed by atoms with E-state index in [0.717, 1.165) is 12.1 Å². The van der Waals surface area contributed by atoms with Crippen molar-refractivity contribution in [2.24, 2.45) is 5.10 Å². The number of hydrogen-bond donors (Lipinski definition) is 1. The number of hydrazone groups is 1. The molecule has 4 heteroatoms. The molecule has 0 spiro atoms. The molecule has 0 atom stereocenters. The number of nitrogens with one attached hydrogen (secondary N) is 1. The minimum atomic E-state index is 0.716. The second-order valence-electron chi connectivity index (χ2n) is 1.80. The number of hydrogen-bond acceptors (Lipinski definition) is 3. The van der Waals surface area contributed by atoms with Gasteiger partial charge in [-0.2, -0.15) is 5.10 Å². The van der Waals surface area contributed by atoms with E-state index < -0.39 is 0 Å². The Morgan fingerprint density at radius 3 is 2.70 bits per heavy atom. The molecule has 0 aromatic heterocycles. The lowest BCUT2D eigenvalue weighted by molar-refractivity contribution is 1.03. The van der Waals surface area contributed by atoms with Crippen molar-refractivity contribution in [1.82, 2.24) is 5.43 Å². The zero-order valence-corrected chi connectivity index (χ0v) is 8.10. The van der Waals surface area contributed by atoms with E-state index in [0.29, 0.717) is 4.32 Å². The molecule has 0 unspecified atom stereocenters. The maximum atomic E-state index is 4.87. The highest BCUT2D eigenvalue weighted by Crippen LogP contribution is 1.93. The Kier molecular flexibility index (Phi) is 5.63. The summed E-state index contributed by atoms with van der Waals surface area (Å²) in [6, 6.07) is 0. The van der Waals surface area contributed by atoms with Crippen molar-refractivity contribution in [1.29, 1.82) is 0 Å². The molecular formula is C6H12N2S2. The van der Waals surface area contributed by atoms with Crippen molar-refractivity contribution in [3.63, 3.8) is 0 Å². The van der Waals surface area contributed by atoms with Crippen LogP contribution in [0.5, 0.6) is 0 Å².